The maximum atomic E-state index is 5.58. The molecule has 0 saturated heterocycles. The number of rotatable bonds is 9. The summed E-state index contributed by atoms with van der Waals surface area (Å²) in [6.07, 6.45) is 0. The highest BCUT2D eigenvalue weighted by atomic mass is 32.1. The zero-order chi connectivity index (χ0) is 11.7. The van der Waals surface area contributed by atoms with Gasteiger partial charge in [0.05, 0.1) is 18.2 Å². The summed E-state index contributed by atoms with van der Waals surface area (Å²) in [4.78, 5) is 2.81. The fourth-order valence-corrected chi connectivity index (χ4v) is 1.29. The molecule has 0 aliphatic heterocycles. The van der Waals surface area contributed by atoms with Crippen molar-refractivity contribution in [3.05, 3.63) is 0 Å². The molecular weight excluding hydrogens is 212 g/mol. The lowest BCUT2D eigenvalue weighted by atomic mass is 10.1. The fourth-order valence-electron chi connectivity index (χ4n) is 1.21. The Morgan fingerprint density at radius 3 is 2.07 bits per heavy atom. The van der Waals surface area contributed by atoms with E-state index in [-0.39, 0.29) is 5.92 Å². The largest absolute Gasteiger partial charge is 0.393 e. The molecule has 0 saturated carbocycles. The van der Waals surface area contributed by atoms with Crippen LogP contribution in [0.2, 0.25) is 0 Å². The number of nitrogens with two attached hydrogens (primary N) is 1. The standard InChI is InChI=1S/C10H22N2O2S/c1-9(10(11)15)8-12(4-6-13-2)5-7-14-3/h9H,4-8H2,1-3H3,(H2,11,15). The molecule has 0 amide bonds. The van der Waals surface area contributed by atoms with Crippen LogP contribution in [-0.4, -0.2) is 57.0 Å². The molecule has 0 fully saturated rings. The maximum absolute atomic E-state index is 5.58. The lowest BCUT2D eigenvalue weighted by molar-refractivity contribution is 0.110. The Kier molecular flexibility index (Phi) is 8.89. The van der Waals surface area contributed by atoms with Gasteiger partial charge < -0.3 is 15.2 Å². The van der Waals surface area contributed by atoms with Crippen molar-refractivity contribution >= 4 is 17.2 Å². The summed E-state index contributed by atoms with van der Waals surface area (Å²) >= 11 is 4.95. The van der Waals surface area contributed by atoms with E-state index in [1.807, 2.05) is 6.92 Å². The van der Waals surface area contributed by atoms with Crippen molar-refractivity contribution in [2.75, 3.05) is 47.1 Å². The number of ether oxygens (including phenoxy) is 2. The van der Waals surface area contributed by atoms with E-state index < -0.39 is 0 Å². The molecule has 0 rings (SSSR count). The second-order valence-corrected chi connectivity index (χ2v) is 4.06. The number of hydrogen-bond donors (Lipinski definition) is 1. The quantitative estimate of drug-likeness (QED) is 0.589. The Morgan fingerprint density at radius 2 is 1.73 bits per heavy atom. The van der Waals surface area contributed by atoms with Crippen LogP contribution in [-0.2, 0) is 9.47 Å². The van der Waals surface area contributed by atoms with Gasteiger partial charge in [0.2, 0.25) is 0 Å². The van der Waals surface area contributed by atoms with Crippen molar-refractivity contribution in [3.63, 3.8) is 0 Å². The van der Waals surface area contributed by atoms with Crippen molar-refractivity contribution < 1.29 is 9.47 Å². The van der Waals surface area contributed by atoms with Crippen LogP contribution in [0.15, 0.2) is 0 Å². The minimum atomic E-state index is 0.230. The van der Waals surface area contributed by atoms with Gasteiger partial charge in [-0.3, -0.25) is 4.90 Å². The smallest absolute Gasteiger partial charge is 0.0768 e. The first-order valence-corrected chi connectivity index (χ1v) is 5.52. The third-order valence-corrected chi connectivity index (χ3v) is 2.64. The third kappa shape index (κ3) is 7.67. The summed E-state index contributed by atoms with van der Waals surface area (Å²) in [7, 11) is 3.40. The van der Waals surface area contributed by atoms with Crippen molar-refractivity contribution in [2.45, 2.75) is 6.92 Å². The van der Waals surface area contributed by atoms with Gasteiger partial charge >= 0.3 is 0 Å². The van der Waals surface area contributed by atoms with Gasteiger partial charge in [0, 0.05) is 39.8 Å². The van der Waals surface area contributed by atoms with Crippen LogP contribution in [0.3, 0.4) is 0 Å². The van der Waals surface area contributed by atoms with E-state index in [9.17, 15) is 0 Å². The molecule has 1 unspecified atom stereocenters. The second kappa shape index (κ2) is 9.03. The fraction of sp³-hybridized carbons (Fsp3) is 0.900. The molecular formula is C10H22N2O2S. The first-order chi connectivity index (χ1) is 7.11. The molecule has 0 aromatic rings. The van der Waals surface area contributed by atoms with E-state index in [0.717, 1.165) is 19.6 Å². The SMILES string of the molecule is COCCN(CCOC)CC(C)C(N)=S. The molecule has 4 nitrogen and oxygen atoms in total. The minimum absolute atomic E-state index is 0.230. The van der Waals surface area contributed by atoms with Crippen molar-refractivity contribution in [3.8, 4) is 0 Å². The molecule has 0 aromatic heterocycles. The Hall–Kier alpha value is -0.230. The highest BCUT2D eigenvalue weighted by molar-refractivity contribution is 7.80. The Labute approximate surface area is 97.7 Å². The van der Waals surface area contributed by atoms with Gasteiger partial charge in [-0.1, -0.05) is 19.1 Å². The van der Waals surface area contributed by atoms with Crippen LogP contribution in [0.25, 0.3) is 0 Å². The highest BCUT2D eigenvalue weighted by Crippen LogP contribution is 2.00. The van der Waals surface area contributed by atoms with Gasteiger partial charge in [0.25, 0.3) is 0 Å². The molecule has 0 aromatic carbocycles. The molecule has 0 aliphatic carbocycles. The van der Waals surface area contributed by atoms with E-state index in [1.54, 1.807) is 14.2 Å². The molecule has 0 radical (unpaired) electrons. The molecule has 0 bridgehead atoms. The van der Waals surface area contributed by atoms with Crippen molar-refractivity contribution in [1.82, 2.24) is 4.90 Å². The molecule has 15 heavy (non-hydrogen) atoms. The molecule has 90 valence electrons. The third-order valence-electron chi connectivity index (χ3n) is 2.24. The predicted molar refractivity (Wildman–Crippen MR) is 66.1 cm³/mol. The van der Waals surface area contributed by atoms with Crippen molar-refractivity contribution in [1.29, 1.82) is 0 Å². The van der Waals surface area contributed by atoms with Crippen LogP contribution >= 0.6 is 12.2 Å². The van der Waals surface area contributed by atoms with E-state index in [1.165, 1.54) is 0 Å². The van der Waals surface area contributed by atoms with Crippen LogP contribution in [0, 0.1) is 5.92 Å². The van der Waals surface area contributed by atoms with Gasteiger partial charge in [-0.05, 0) is 0 Å². The average Bonchev–Trinajstić information content (AvgIpc) is 2.21. The first-order valence-electron chi connectivity index (χ1n) is 5.11. The number of thiocarbonyl (C=S) groups is 1. The van der Waals surface area contributed by atoms with Gasteiger partial charge in [-0.25, -0.2) is 0 Å². The number of nitrogens with zero attached hydrogens (tertiary/aromatic N) is 1. The average molecular weight is 234 g/mol. The first kappa shape index (κ1) is 14.8. The summed E-state index contributed by atoms with van der Waals surface area (Å²) in [6.45, 7) is 6.10. The Bertz CT molecular complexity index is 171. The van der Waals surface area contributed by atoms with E-state index in [0.29, 0.717) is 18.2 Å². The van der Waals surface area contributed by atoms with E-state index >= 15 is 0 Å². The van der Waals surface area contributed by atoms with Gasteiger partial charge in [-0.2, -0.15) is 0 Å². The monoisotopic (exact) mass is 234 g/mol. The molecule has 0 heterocycles. The number of methoxy groups -OCH3 is 2. The Morgan fingerprint density at radius 1 is 1.27 bits per heavy atom. The Balaban J connectivity index is 3.92. The topological polar surface area (TPSA) is 47.7 Å². The maximum Gasteiger partial charge on any atom is 0.0768 e. The van der Waals surface area contributed by atoms with Crippen LogP contribution in [0.4, 0.5) is 0 Å². The summed E-state index contributed by atoms with van der Waals surface area (Å²) in [6, 6.07) is 0. The lowest BCUT2D eigenvalue weighted by Crippen LogP contribution is -2.37. The van der Waals surface area contributed by atoms with Gasteiger partial charge in [0.1, 0.15) is 0 Å². The zero-order valence-corrected chi connectivity index (χ0v) is 10.7. The van der Waals surface area contributed by atoms with Crippen LogP contribution in [0.1, 0.15) is 6.92 Å². The number of hydrogen-bond acceptors (Lipinski definition) is 4. The van der Waals surface area contributed by atoms with Gasteiger partial charge in [0.15, 0.2) is 0 Å². The van der Waals surface area contributed by atoms with Crippen LogP contribution in [0.5, 0.6) is 0 Å². The van der Waals surface area contributed by atoms with Crippen LogP contribution < -0.4 is 5.73 Å². The van der Waals surface area contributed by atoms with E-state index in [4.69, 9.17) is 27.4 Å². The predicted octanol–water partition coefficient (Wildman–Crippen LogP) is 0.503. The summed E-state index contributed by atoms with van der Waals surface area (Å²) < 4.78 is 10.1. The minimum Gasteiger partial charge on any atom is -0.393 e. The normalized spacial score (nSPS) is 13.1. The zero-order valence-electron chi connectivity index (χ0n) is 9.86. The second-order valence-electron chi connectivity index (χ2n) is 3.59. The molecule has 2 N–H and O–H groups in total. The van der Waals surface area contributed by atoms with Gasteiger partial charge in [-0.15, -0.1) is 0 Å². The molecule has 0 spiro atoms. The summed E-state index contributed by atoms with van der Waals surface area (Å²) in [5.41, 5.74) is 5.58. The summed E-state index contributed by atoms with van der Waals surface area (Å²) in [5, 5.41) is 0. The molecule has 0 aliphatic rings. The van der Waals surface area contributed by atoms with E-state index in [2.05, 4.69) is 4.90 Å². The molecule has 5 heteroatoms. The lowest BCUT2D eigenvalue weighted by Gasteiger charge is -2.24. The highest BCUT2D eigenvalue weighted by Gasteiger charge is 2.11. The molecule has 1 atom stereocenters. The van der Waals surface area contributed by atoms with Crippen molar-refractivity contribution in [2.24, 2.45) is 11.7 Å². The summed E-state index contributed by atoms with van der Waals surface area (Å²) in [5.74, 6) is 0.230.